The molecule has 4 rings (SSSR count). The van der Waals surface area contributed by atoms with Crippen LogP contribution in [0.3, 0.4) is 0 Å². The molecular formula is C22H29N5O2. The molecule has 0 spiro atoms. The first kappa shape index (κ1) is 19.6. The summed E-state index contributed by atoms with van der Waals surface area (Å²) in [4.78, 5) is 19.6. The Balaban J connectivity index is 1.38. The van der Waals surface area contributed by atoms with Crippen LogP contribution in [0.4, 0.5) is 11.5 Å². The number of hydrogen-bond donors (Lipinski definition) is 0. The average molecular weight is 396 g/mol. The molecule has 0 radical (unpaired) electrons. The maximum Gasteiger partial charge on any atom is 0.230 e. The van der Waals surface area contributed by atoms with E-state index in [1.807, 2.05) is 29.3 Å². The zero-order chi connectivity index (χ0) is 20.1. The molecule has 2 aliphatic rings. The van der Waals surface area contributed by atoms with E-state index in [2.05, 4.69) is 45.1 Å². The average Bonchev–Trinajstić information content (AvgIpc) is 2.81. The van der Waals surface area contributed by atoms with Gasteiger partial charge in [0, 0.05) is 45.3 Å². The number of rotatable bonds is 5. The van der Waals surface area contributed by atoms with Crippen molar-refractivity contribution in [1.29, 1.82) is 0 Å². The Labute approximate surface area is 172 Å². The molecule has 7 heteroatoms. The molecule has 0 N–H and O–H groups in total. The molecule has 1 unspecified atom stereocenters. The van der Waals surface area contributed by atoms with Gasteiger partial charge in [-0.25, -0.2) is 0 Å². The lowest BCUT2D eigenvalue weighted by atomic mass is 9.95. The molecule has 2 aliphatic heterocycles. The standard InChI is InChI=1S/C22H29N5O2/c1-2-20(18-6-4-3-5-7-18)22(28)27-10-8-26(9-11-27)21-16-19(17-23-24-21)25-12-14-29-15-13-25/h3-7,16-17,20H,2,8-15H2,1H3. The summed E-state index contributed by atoms with van der Waals surface area (Å²) in [5.74, 6) is 1.05. The Kier molecular flexibility index (Phi) is 6.24. The maximum absolute atomic E-state index is 13.1. The van der Waals surface area contributed by atoms with Gasteiger partial charge in [-0.05, 0) is 12.0 Å². The molecule has 1 aromatic heterocycles. The molecule has 2 fully saturated rings. The monoisotopic (exact) mass is 395 g/mol. The normalized spacial score (nSPS) is 18.6. The number of piperazine rings is 1. The topological polar surface area (TPSA) is 61.8 Å². The Hall–Kier alpha value is -2.67. The fourth-order valence-corrected chi connectivity index (χ4v) is 4.11. The van der Waals surface area contributed by atoms with Gasteiger partial charge >= 0.3 is 0 Å². The molecule has 0 aliphatic carbocycles. The van der Waals surface area contributed by atoms with E-state index in [0.29, 0.717) is 13.1 Å². The predicted octanol–water partition coefficient (Wildman–Crippen LogP) is 2.16. The van der Waals surface area contributed by atoms with Gasteiger partial charge in [-0.1, -0.05) is 37.3 Å². The first-order valence-corrected chi connectivity index (χ1v) is 10.5. The van der Waals surface area contributed by atoms with Gasteiger partial charge in [-0.2, -0.15) is 5.10 Å². The van der Waals surface area contributed by atoms with Gasteiger partial charge in [0.05, 0.1) is 31.0 Å². The Morgan fingerprint density at radius 3 is 2.45 bits per heavy atom. The Bertz CT molecular complexity index is 802. The maximum atomic E-state index is 13.1. The number of nitrogens with zero attached hydrogens (tertiary/aromatic N) is 5. The van der Waals surface area contributed by atoms with Crippen molar-refractivity contribution < 1.29 is 9.53 Å². The highest BCUT2D eigenvalue weighted by Gasteiger charge is 2.28. The van der Waals surface area contributed by atoms with Gasteiger partial charge in [0.1, 0.15) is 0 Å². The number of amides is 1. The van der Waals surface area contributed by atoms with Gasteiger partial charge in [0.2, 0.25) is 5.91 Å². The predicted molar refractivity (Wildman–Crippen MR) is 113 cm³/mol. The summed E-state index contributed by atoms with van der Waals surface area (Å²) in [6.07, 6.45) is 2.64. The van der Waals surface area contributed by atoms with Crippen molar-refractivity contribution in [3.05, 3.63) is 48.2 Å². The van der Waals surface area contributed by atoms with E-state index >= 15 is 0 Å². The summed E-state index contributed by atoms with van der Waals surface area (Å²) in [6, 6.07) is 12.2. The van der Waals surface area contributed by atoms with Gasteiger partial charge in [0.25, 0.3) is 0 Å². The number of ether oxygens (including phenoxy) is 1. The van der Waals surface area contributed by atoms with Crippen molar-refractivity contribution >= 4 is 17.4 Å². The second-order valence-electron chi connectivity index (χ2n) is 7.56. The van der Waals surface area contributed by atoms with Crippen molar-refractivity contribution in [2.24, 2.45) is 0 Å². The highest BCUT2D eigenvalue weighted by Crippen LogP contribution is 2.24. The number of carbonyl (C=O) groups excluding carboxylic acids is 1. The number of benzene rings is 1. The lowest BCUT2D eigenvalue weighted by Crippen LogP contribution is -2.50. The first-order valence-electron chi connectivity index (χ1n) is 10.5. The van der Waals surface area contributed by atoms with Crippen molar-refractivity contribution in [2.45, 2.75) is 19.3 Å². The van der Waals surface area contributed by atoms with E-state index in [9.17, 15) is 4.79 Å². The first-order chi connectivity index (χ1) is 14.3. The third kappa shape index (κ3) is 4.50. The van der Waals surface area contributed by atoms with E-state index in [1.165, 1.54) is 0 Å². The van der Waals surface area contributed by atoms with Gasteiger partial charge in [-0.3, -0.25) is 4.79 Å². The van der Waals surface area contributed by atoms with E-state index < -0.39 is 0 Å². The number of morpholine rings is 1. The van der Waals surface area contributed by atoms with E-state index in [0.717, 1.165) is 62.9 Å². The van der Waals surface area contributed by atoms with E-state index in [-0.39, 0.29) is 11.8 Å². The molecule has 3 heterocycles. The Morgan fingerprint density at radius 1 is 1.03 bits per heavy atom. The minimum Gasteiger partial charge on any atom is -0.378 e. The second kappa shape index (κ2) is 9.22. The van der Waals surface area contributed by atoms with Crippen LogP contribution < -0.4 is 9.80 Å². The molecule has 0 saturated carbocycles. The number of aromatic nitrogens is 2. The number of carbonyl (C=O) groups is 1. The van der Waals surface area contributed by atoms with Gasteiger partial charge < -0.3 is 19.4 Å². The van der Waals surface area contributed by atoms with Crippen molar-refractivity contribution in [3.8, 4) is 0 Å². The molecular weight excluding hydrogens is 366 g/mol. The van der Waals surface area contributed by atoms with E-state index in [4.69, 9.17) is 4.74 Å². The SMILES string of the molecule is CCC(C(=O)N1CCN(c2cc(N3CCOCC3)cnn2)CC1)c1ccccc1. The van der Waals surface area contributed by atoms with Crippen LogP contribution in [0.25, 0.3) is 0 Å². The smallest absolute Gasteiger partial charge is 0.230 e. The van der Waals surface area contributed by atoms with Crippen LogP contribution in [0.2, 0.25) is 0 Å². The van der Waals surface area contributed by atoms with Crippen molar-refractivity contribution in [1.82, 2.24) is 15.1 Å². The van der Waals surface area contributed by atoms with Crippen LogP contribution in [0, 0.1) is 0 Å². The number of anilines is 2. The Morgan fingerprint density at radius 2 is 1.76 bits per heavy atom. The summed E-state index contributed by atoms with van der Waals surface area (Å²) >= 11 is 0. The van der Waals surface area contributed by atoms with Crippen LogP contribution in [0.5, 0.6) is 0 Å². The van der Waals surface area contributed by atoms with Crippen molar-refractivity contribution in [3.63, 3.8) is 0 Å². The zero-order valence-electron chi connectivity index (χ0n) is 17.0. The minimum atomic E-state index is -0.0628. The fourth-order valence-electron chi connectivity index (χ4n) is 4.11. The van der Waals surface area contributed by atoms with Crippen LogP contribution >= 0.6 is 0 Å². The van der Waals surface area contributed by atoms with Crippen LogP contribution in [-0.4, -0.2) is 73.5 Å². The second-order valence-corrected chi connectivity index (χ2v) is 7.56. The summed E-state index contributed by atoms with van der Waals surface area (Å²) in [5.41, 5.74) is 2.19. The molecule has 1 amide bonds. The molecule has 2 saturated heterocycles. The van der Waals surface area contributed by atoms with Gasteiger partial charge in [-0.15, -0.1) is 5.10 Å². The molecule has 1 atom stereocenters. The number of hydrogen-bond acceptors (Lipinski definition) is 6. The largest absolute Gasteiger partial charge is 0.378 e. The van der Waals surface area contributed by atoms with E-state index in [1.54, 1.807) is 0 Å². The summed E-state index contributed by atoms with van der Waals surface area (Å²) in [5, 5.41) is 8.56. The lowest BCUT2D eigenvalue weighted by molar-refractivity contribution is -0.133. The lowest BCUT2D eigenvalue weighted by Gasteiger charge is -2.37. The quantitative estimate of drug-likeness (QED) is 0.773. The van der Waals surface area contributed by atoms with Crippen molar-refractivity contribution in [2.75, 3.05) is 62.3 Å². The molecule has 154 valence electrons. The summed E-state index contributed by atoms with van der Waals surface area (Å²) < 4.78 is 5.44. The van der Waals surface area contributed by atoms with Crippen LogP contribution in [-0.2, 0) is 9.53 Å². The highest BCUT2D eigenvalue weighted by molar-refractivity contribution is 5.84. The zero-order valence-corrected chi connectivity index (χ0v) is 17.0. The third-order valence-corrected chi connectivity index (χ3v) is 5.83. The fraction of sp³-hybridized carbons (Fsp3) is 0.500. The highest BCUT2D eigenvalue weighted by atomic mass is 16.5. The molecule has 2 aromatic rings. The minimum absolute atomic E-state index is 0.0628. The summed E-state index contributed by atoms with van der Waals surface area (Å²) in [7, 11) is 0. The molecule has 7 nitrogen and oxygen atoms in total. The third-order valence-electron chi connectivity index (χ3n) is 5.83. The molecule has 29 heavy (non-hydrogen) atoms. The van der Waals surface area contributed by atoms with Crippen LogP contribution in [0.15, 0.2) is 42.6 Å². The summed E-state index contributed by atoms with van der Waals surface area (Å²) in [6.45, 7) is 8.32. The molecule has 1 aromatic carbocycles. The van der Waals surface area contributed by atoms with Crippen LogP contribution in [0.1, 0.15) is 24.8 Å². The molecule has 0 bridgehead atoms. The van der Waals surface area contributed by atoms with Gasteiger partial charge in [0.15, 0.2) is 5.82 Å².